The van der Waals surface area contributed by atoms with Crippen molar-refractivity contribution in [3.63, 3.8) is 0 Å². The summed E-state index contributed by atoms with van der Waals surface area (Å²) < 4.78 is 6.00. The lowest BCUT2D eigenvalue weighted by Gasteiger charge is -2.33. The van der Waals surface area contributed by atoms with Gasteiger partial charge in [-0.3, -0.25) is 0 Å². The summed E-state index contributed by atoms with van der Waals surface area (Å²) in [7, 11) is 4.26. The van der Waals surface area contributed by atoms with Crippen LogP contribution in [0.5, 0.6) is 5.75 Å². The van der Waals surface area contributed by atoms with Crippen LogP contribution in [-0.4, -0.2) is 38.7 Å². The Labute approximate surface area is 123 Å². The van der Waals surface area contributed by atoms with Crippen molar-refractivity contribution >= 4 is 0 Å². The molecule has 1 aliphatic rings. The number of hydrogen-bond donors (Lipinski definition) is 1. The molecule has 1 unspecified atom stereocenters. The number of hydrogen-bond acceptors (Lipinski definition) is 3. The van der Waals surface area contributed by atoms with Gasteiger partial charge in [-0.2, -0.15) is 0 Å². The third-order valence-electron chi connectivity index (χ3n) is 4.48. The molecule has 112 valence electrons. The maximum atomic E-state index is 6.22. The number of nitrogens with zero attached hydrogens (tertiary/aromatic N) is 1. The molecule has 0 aliphatic carbocycles. The second-order valence-electron chi connectivity index (χ2n) is 6.29. The summed E-state index contributed by atoms with van der Waals surface area (Å²) in [6, 6.07) is 6.49. The van der Waals surface area contributed by atoms with Crippen molar-refractivity contribution in [2.75, 3.05) is 33.8 Å². The summed E-state index contributed by atoms with van der Waals surface area (Å²) in [6.07, 6.45) is 4.54. The van der Waals surface area contributed by atoms with Crippen molar-refractivity contribution in [3.8, 4) is 5.75 Å². The van der Waals surface area contributed by atoms with E-state index in [0.717, 1.165) is 38.2 Å². The van der Waals surface area contributed by atoms with E-state index in [9.17, 15) is 0 Å². The number of ether oxygens (including phenoxy) is 1. The van der Waals surface area contributed by atoms with Crippen molar-refractivity contribution in [2.24, 2.45) is 5.73 Å². The van der Waals surface area contributed by atoms with Gasteiger partial charge in [-0.05, 0) is 58.8 Å². The van der Waals surface area contributed by atoms with Gasteiger partial charge in [-0.1, -0.05) is 18.2 Å². The smallest absolute Gasteiger partial charge is 0.125 e. The first-order valence-corrected chi connectivity index (χ1v) is 7.67. The van der Waals surface area contributed by atoms with Crippen LogP contribution in [-0.2, 0) is 5.41 Å². The van der Waals surface area contributed by atoms with Crippen LogP contribution < -0.4 is 10.5 Å². The Hall–Kier alpha value is -1.06. The van der Waals surface area contributed by atoms with E-state index >= 15 is 0 Å². The quantitative estimate of drug-likeness (QED) is 0.898. The van der Waals surface area contributed by atoms with E-state index in [2.05, 4.69) is 44.1 Å². The molecule has 0 bridgehead atoms. The molecule has 0 aromatic heterocycles. The molecule has 0 amide bonds. The predicted octanol–water partition coefficient (Wildman–Crippen LogP) is 2.71. The van der Waals surface area contributed by atoms with Crippen LogP contribution in [0.3, 0.4) is 0 Å². The fraction of sp³-hybridized carbons (Fsp3) is 0.647. The SMILES string of the molecule is Cc1cccc2c1OCCCC2(CN)CCCN(C)C. The molecule has 0 saturated heterocycles. The molecule has 20 heavy (non-hydrogen) atoms. The van der Waals surface area contributed by atoms with Gasteiger partial charge in [0.05, 0.1) is 6.61 Å². The molecule has 1 aromatic carbocycles. The van der Waals surface area contributed by atoms with E-state index in [1.807, 2.05) is 0 Å². The maximum absolute atomic E-state index is 6.22. The molecule has 1 heterocycles. The zero-order valence-electron chi connectivity index (χ0n) is 13.1. The summed E-state index contributed by atoms with van der Waals surface area (Å²) in [5.74, 6) is 1.08. The van der Waals surface area contributed by atoms with Gasteiger partial charge in [0.25, 0.3) is 0 Å². The molecule has 2 N–H and O–H groups in total. The van der Waals surface area contributed by atoms with Crippen LogP contribution in [0.1, 0.15) is 36.8 Å². The van der Waals surface area contributed by atoms with Crippen molar-refractivity contribution < 1.29 is 4.74 Å². The fourth-order valence-corrected chi connectivity index (χ4v) is 3.29. The fourth-order valence-electron chi connectivity index (χ4n) is 3.29. The van der Waals surface area contributed by atoms with E-state index < -0.39 is 0 Å². The van der Waals surface area contributed by atoms with Gasteiger partial charge in [0, 0.05) is 17.5 Å². The van der Waals surface area contributed by atoms with E-state index in [1.54, 1.807) is 0 Å². The summed E-state index contributed by atoms with van der Waals surface area (Å²) in [6.45, 7) is 4.77. The van der Waals surface area contributed by atoms with Gasteiger partial charge in [0.1, 0.15) is 5.75 Å². The molecule has 0 spiro atoms. The lowest BCUT2D eigenvalue weighted by molar-refractivity contribution is 0.300. The maximum Gasteiger partial charge on any atom is 0.125 e. The van der Waals surface area contributed by atoms with Gasteiger partial charge in [0.2, 0.25) is 0 Å². The van der Waals surface area contributed by atoms with Crippen LogP contribution in [0.25, 0.3) is 0 Å². The monoisotopic (exact) mass is 276 g/mol. The third-order valence-corrected chi connectivity index (χ3v) is 4.48. The van der Waals surface area contributed by atoms with Crippen LogP contribution in [0.4, 0.5) is 0 Å². The zero-order chi connectivity index (χ0) is 14.6. The average Bonchev–Trinajstić information content (AvgIpc) is 2.60. The van der Waals surface area contributed by atoms with Crippen molar-refractivity contribution in [1.82, 2.24) is 4.90 Å². The lowest BCUT2D eigenvalue weighted by Crippen LogP contribution is -2.35. The Balaban J connectivity index is 2.30. The molecule has 3 heteroatoms. The number of rotatable bonds is 5. The Bertz CT molecular complexity index is 445. The van der Waals surface area contributed by atoms with Gasteiger partial charge in [-0.15, -0.1) is 0 Å². The van der Waals surface area contributed by atoms with E-state index in [0.29, 0.717) is 6.54 Å². The highest BCUT2D eigenvalue weighted by molar-refractivity contribution is 5.46. The molecule has 3 nitrogen and oxygen atoms in total. The average molecular weight is 276 g/mol. The minimum atomic E-state index is 0.0911. The largest absolute Gasteiger partial charge is 0.493 e. The number of fused-ring (bicyclic) bond motifs is 1. The van der Waals surface area contributed by atoms with Gasteiger partial charge < -0.3 is 15.4 Å². The van der Waals surface area contributed by atoms with E-state index in [-0.39, 0.29) is 5.41 Å². The number of benzene rings is 1. The van der Waals surface area contributed by atoms with Crippen LogP contribution in [0, 0.1) is 6.92 Å². The Morgan fingerprint density at radius 3 is 2.85 bits per heavy atom. The Morgan fingerprint density at radius 1 is 1.35 bits per heavy atom. The van der Waals surface area contributed by atoms with Gasteiger partial charge in [-0.25, -0.2) is 0 Å². The molecule has 0 radical (unpaired) electrons. The summed E-state index contributed by atoms with van der Waals surface area (Å²) in [4.78, 5) is 2.24. The molecule has 1 atom stereocenters. The highest BCUT2D eigenvalue weighted by atomic mass is 16.5. The summed E-state index contributed by atoms with van der Waals surface area (Å²) in [5.41, 5.74) is 8.87. The predicted molar refractivity (Wildman–Crippen MR) is 84.4 cm³/mol. The van der Waals surface area contributed by atoms with Crippen molar-refractivity contribution in [3.05, 3.63) is 29.3 Å². The first-order chi connectivity index (χ1) is 9.59. The van der Waals surface area contributed by atoms with Crippen LogP contribution >= 0.6 is 0 Å². The minimum Gasteiger partial charge on any atom is -0.493 e. The van der Waals surface area contributed by atoms with Crippen LogP contribution in [0.15, 0.2) is 18.2 Å². The summed E-state index contributed by atoms with van der Waals surface area (Å²) >= 11 is 0. The summed E-state index contributed by atoms with van der Waals surface area (Å²) in [5, 5.41) is 0. The highest BCUT2D eigenvalue weighted by Gasteiger charge is 2.35. The molecule has 0 fully saturated rings. The lowest BCUT2D eigenvalue weighted by atomic mass is 9.73. The second-order valence-corrected chi connectivity index (χ2v) is 6.29. The zero-order valence-corrected chi connectivity index (χ0v) is 13.1. The number of aryl methyl sites for hydroxylation is 1. The first-order valence-electron chi connectivity index (χ1n) is 7.67. The Kier molecular flexibility index (Phi) is 5.06. The molecule has 0 saturated carbocycles. The molecule has 2 rings (SSSR count). The molecular formula is C17H28N2O. The molecule has 1 aromatic rings. The normalized spacial score (nSPS) is 22.2. The van der Waals surface area contributed by atoms with E-state index in [1.165, 1.54) is 17.5 Å². The van der Waals surface area contributed by atoms with Gasteiger partial charge >= 0.3 is 0 Å². The number of nitrogens with two attached hydrogens (primary N) is 1. The highest BCUT2D eigenvalue weighted by Crippen LogP contribution is 2.42. The molecule has 1 aliphatic heterocycles. The Morgan fingerprint density at radius 2 is 2.15 bits per heavy atom. The second kappa shape index (κ2) is 6.59. The van der Waals surface area contributed by atoms with E-state index in [4.69, 9.17) is 10.5 Å². The molecular weight excluding hydrogens is 248 g/mol. The topological polar surface area (TPSA) is 38.5 Å². The van der Waals surface area contributed by atoms with Crippen LogP contribution in [0.2, 0.25) is 0 Å². The minimum absolute atomic E-state index is 0.0911. The number of para-hydroxylation sites is 1. The van der Waals surface area contributed by atoms with Crippen molar-refractivity contribution in [2.45, 2.75) is 38.0 Å². The van der Waals surface area contributed by atoms with Gasteiger partial charge in [0.15, 0.2) is 0 Å². The third kappa shape index (κ3) is 3.15. The standard InChI is InChI=1S/C17H28N2O/c1-14-7-4-8-15-16(14)20-12-6-10-17(15,13-18)9-5-11-19(2)3/h4,7-8H,5-6,9-13,18H2,1-3H3. The first kappa shape index (κ1) is 15.3. The van der Waals surface area contributed by atoms with Crippen molar-refractivity contribution in [1.29, 1.82) is 0 Å².